The predicted octanol–water partition coefficient (Wildman–Crippen LogP) is 1.06. The molecule has 6 nitrogen and oxygen atoms in total. The topological polar surface area (TPSA) is 74.8 Å². The number of aryl methyl sites for hydroxylation is 1. The van der Waals surface area contributed by atoms with Gasteiger partial charge in [0, 0.05) is 31.1 Å². The first-order valence-corrected chi connectivity index (χ1v) is 10.9. The summed E-state index contributed by atoms with van der Waals surface area (Å²) < 4.78 is 50.9. The Labute approximate surface area is 134 Å². The predicted molar refractivity (Wildman–Crippen MR) is 83.8 cm³/mol. The maximum absolute atomic E-state index is 12.6. The lowest BCUT2D eigenvalue weighted by molar-refractivity contribution is 0.274. The third-order valence-corrected chi connectivity index (χ3v) is 8.69. The minimum absolute atomic E-state index is 0.169. The minimum atomic E-state index is -3.57. The van der Waals surface area contributed by atoms with Crippen LogP contribution in [0.2, 0.25) is 0 Å². The monoisotopic (exact) mass is 372 g/mol. The number of sulfonamides is 2. The Kier molecular flexibility index (Phi) is 5.01. The molecule has 2 rings (SSSR count). The summed E-state index contributed by atoms with van der Waals surface area (Å²) in [4.78, 5) is 0.838. The first kappa shape index (κ1) is 17.2. The highest BCUT2D eigenvalue weighted by Gasteiger charge is 2.32. The largest absolute Gasteiger partial charge is 0.252 e. The molecule has 1 aliphatic rings. The first-order valence-electron chi connectivity index (χ1n) is 6.27. The fourth-order valence-corrected chi connectivity index (χ4v) is 6.33. The number of nitrogens with zero attached hydrogens (tertiary/aromatic N) is 2. The van der Waals surface area contributed by atoms with Crippen molar-refractivity contribution in [3.63, 3.8) is 0 Å². The summed E-state index contributed by atoms with van der Waals surface area (Å²) in [7, 11) is -6.84. The zero-order valence-electron chi connectivity index (χ0n) is 11.7. The van der Waals surface area contributed by atoms with E-state index in [-0.39, 0.29) is 36.3 Å². The van der Waals surface area contributed by atoms with Gasteiger partial charge in [0.05, 0.1) is 12.1 Å². The van der Waals surface area contributed by atoms with Gasteiger partial charge in [0.2, 0.25) is 10.0 Å². The first-order chi connectivity index (χ1) is 9.66. The molecule has 0 saturated carbocycles. The number of hydrogen-bond donors (Lipinski definition) is 0. The van der Waals surface area contributed by atoms with Crippen LogP contribution in [0.4, 0.5) is 0 Å². The summed E-state index contributed by atoms with van der Waals surface area (Å²) in [5.74, 6) is 0.286. The lowest BCUT2D eigenvalue weighted by Crippen LogP contribution is -2.50. The van der Waals surface area contributed by atoms with Gasteiger partial charge in [-0.05, 0) is 18.6 Å². The molecule has 0 N–H and O–H groups in total. The van der Waals surface area contributed by atoms with Crippen molar-refractivity contribution in [1.82, 2.24) is 8.61 Å². The molecule has 0 atom stereocenters. The summed E-state index contributed by atoms with van der Waals surface area (Å²) >= 11 is 6.95. The summed E-state index contributed by atoms with van der Waals surface area (Å²) in [6.07, 6.45) is 1.13. The van der Waals surface area contributed by atoms with E-state index in [1.807, 2.05) is 6.92 Å². The fourth-order valence-electron chi connectivity index (χ4n) is 2.12. The van der Waals surface area contributed by atoms with Crippen LogP contribution in [0.1, 0.15) is 10.4 Å². The van der Waals surface area contributed by atoms with Crippen LogP contribution >= 0.6 is 22.9 Å². The number of halogens is 1. The second-order valence-electron chi connectivity index (χ2n) is 4.87. The molecule has 0 aromatic carbocycles. The van der Waals surface area contributed by atoms with E-state index in [1.54, 1.807) is 6.07 Å². The summed E-state index contributed by atoms with van der Waals surface area (Å²) in [5, 5.41) is 0. The Morgan fingerprint density at radius 1 is 1.14 bits per heavy atom. The van der Waals surface area contributed by atoms with Crippen molar-refractivity contribution in [2.24, 2.45) is 0 Å². The van der Waals surface area contributed by atoms with E-state index in [0.717, 1.165) is 16.7 Å². The van der Waals surface area contributed by atoms with E-state index >= 15 is 0 Å². The van der Waals surface area contributed by atoms with E-state index in [0.29, 0.717) is 0 Å². The summed E-state index contributed by atoms with van der Waals surface area (Å²) in [6, 6.07) is 1.63. The maximum Gasteiger partial charge on any atom is 0.252 e. The van der Waals surface area contributed by atoms with Crippen molar-refractivity contribution in [2.75, 3.05) is 32.4 Å². The zero-order chi connectivity index (χ0) is 15.8. The molecule has 2 heterocycles. The highest BCUT2D eigenvalue weighted by atomic mass is 35.5. The number of alkyl halides is 1. The van der Waals surface area contributed by atoms with Gasteiger partial charge in [0.25, 0.3) is 10.0 Å². The molecule has 1 aromatic heterocycles. The normalized spacial score (nSPS) is 19.0. The second-order valence-corrected chi connectivity index (χ2v) is 10.4. The van der Waals surface area contributed by atoms with Crippen LogP contribution in [0.3, 0.4) is 0 Å². The van der Waals surface area contributed by atoms with E-state index < -0.39 is 20.0 Å². The second kappa shape index (κ2) is 6.13. The number of thiophene rings is 1. The molecule has 0 spiro atoms. The lowest BCUT2D eigenvalue weighted by Gasteiger charge is -2.32. The Balaban J connectivity index is 2.18. The van der Waals surface area contributed by atoms with Crippen LogP contribution in [0.5, 0.6) is 0 Å². The molecule has 1 aliphatic heterocycles. The van der Waals surface area contributed by atoms with Gasteiger partial charge in [-0.2, -0.15) is 8.61 Å². The molecule has 0 aliphatic carbocycles. The van der Waals surface area contributed by atoms with Crippen molar-refractivity contribution in [3.05, 3.63) is 16.5 Å². The summed E-state index contributed by atoms with van der Waals surface area (Å²) in [6.45, 7) is 2.54. The van der Waals surface area contributed by atoms with Crippen LogP contribution in [-0.2, 0) is 25.9 Å². The lowest BCUT2D eigenvalue weighted by atomic mass is 10.3. The highest BCUT2D eigenvalue weighted by Crippen LogP contribution is 2.30. The van der Waals surface area contributed by atoms with Crippen molar-refractivity contribution in [1.29, 1.82) is 0 Å². The molecule has 0 bridgehead atoms. The number of hydrogen-bond acceptors (Lipinski definition) is 5. The van der Waals surface area contributed by atoms with E-state index in [2.05, 4.69) is 0 Å². The third kappa shape index (κ3) is 3.59. The SMILES string of the molecule is Cc1cc(S(=O)(=O)N2CCN(S(C)(=O)=O)CC2)sc1CCl. The molecular formula is C11H17ClN2O4S3. The Morgan fingerprint density at radius 2 is 1.67 bits per heavy atom. The molecule has 120 valence electrons. The quantitative estimate of drug-likeness (QED) is 0.741. The molecular weight excluding hydrogens is 356 g/mol. The van der Waals surface area contributed by atoms with Crippen LogP contribution in [0, 0.1) is 6.92 Å². The van der Waals surface area contributed by atoms with E-state index in [9.17, 15) is 16.8 Å². The van der Waals surface area contributed by atoms with Crippen molar-refractivity contribution in [3.8, 4) is 0 Å². The van der Waals surface area contributed by atoms with Crippen LogP contribution in [-0.4, -0.2) is 57.9 Å². The fraction of sp³-hybridized carbons (Fsp3) is 0.636. The van der Waals surface area contributed by atoms with Gasteiger partial charge in [0.1, 0.15) is 4.21 Å². The Bertz CT molecular complexity index is 719. The average molecular weight is 373 g/mol. The molecule has 1 fully saturated rings. The van der Waals surface area contributed by atoms with E-state index in [1.165, 1.54) is 19.9 Å². The van der Waals surface area contributed by atoms with Crippen LogP contribution < -0.4 is 0 Å². The van der Waals surface area contributed by atoms with Gasteiger partial charge < -0.3 is 0 Å². The van der Waals surface area contributed by atoms with Crippen LogP contribution in [0.15, 0.2) is 10.3 Å². The highest BCUT2D eigenvalue weighted by molar-refractivity contribution is 7.91. The van der Waals surface area contributed by atoms with Gasteiger partial charge in [-0.25, -0.2) is 16.8 Å². The van der Waals surface area contributed by atoms with Gasteiger partial charge >= 0.3 is 0 Å². The van der Waals surface area contributed by atoms with Gasteiger partial charge in [-0.3, -0.25) is 0 Å². The number of piperazine rings is 1. The van der Waals surface area contributed by atoms with Crippen LogP contribution in [0.25, 0.3) is 0 Å². The zero-order valence-corrected chi connectivity index (χ0v) is 14.9. The standard InChI is InChI=1S/C11H17ClN2O4S3/c1-9-7-11(19-10(9)8-12)21(17,18)14-5-3-13(4-6-14)20(2,15)16/h7H,3-6,8H2,1-2H3. The van der Waals surface area contributed by atoms with Crippen molar-refractivity contribution in [2.45, 2.75) is 17.0 Å². The average Bonchev–Trinajstić information content (AvgIpc) is 2.80. The van der Waals surface area contributed by atoms with Gasteiger partial charge in [0.15, 0.2) is 0 Å². The van der Waals surface area contributed by atoms with Gasteiger partial charge in [-0.15, -0.1) is 22.9 Å². The van der Waals surface area contributed by atoms with E-state index in [4.69, 9.17) is 11.6 Å². The molecule has 0 amide bonds. The molecule has 21 heavy (non-hydrogen) atoms. The molecule has 0 radical (unpaired) electrons. The Hall–Kier alpha value is -0.190. The smallest absolute Gasteiger partial charge is 0.213 e. The molecule has 0 unspecified atom stereocenters. The third-order valence-electron chi connectivity index (χ3n) is 3.38. The Morgan fingerprint density at radius 3 is 2.10 bits per heavy atom. The molecule has 1 saturated heterocycles. The molecule has 10 heteroatoms. The summed E-state index contributed by atoms with van der Waals surface area (Å²) in [5.41, 5.74) is 0.864. The maximum atomic E-state index is 12.6. The minimum Gasteiger partial charge on any atom is -0.213 e. The van der Waals surface area contributed by atoms with Gasteiger partial charge in [-0.1, -0.05) is 0 Å². The number of rotatable bonds is 4. The molecule has 1 aromatic rings. The van der Waals surface area contributed by atoms with Crippen molar-refractivity contribution >= 4 is 43.0 Å². The van der Waals surface area contributed by atoms with Crippen molar-refractivity contribution < 1.29 is 16.8 Å².